The molecule has 0 aliphatic heterocycles. The van der Waals surface area contributed by atoms with Crippen molar-refractivity contribution >= 4 is 0 Å². The molecule has 0 saturated heterocycles. The topological polar surface area (TPSA) is 0 Å². The van der Waals surface area contributed by atoms with E-state index in [0.717, 1.165) is 47.3 Å². The van der Waals surface area contributed by atoms with Gasteiger partial charge < -0.3 is 0 Å². The Hall–Kier alpha value is 0. The zero-order valence-corrected chi connectivity index (χ0v) is 17.7. The second-order valence-corrected chi connectivity index (χ2v) is 10.1. The third-order valence-corrected chi connectivity index (χ3v) is 7.71. The molecule has 0 aromatic carbocycles. The lowest BCUT2D eigenvalue weighted by atomic mass is 9.55. The largest absolute Gasteiger partial charge is 0.0654 e. The monoisotopic (exact) mass is 334 g/mol. The zero-order chi connectivity index (χ0) is 17.7. The molecule has 0 heterocycles. The van der Waals surface area contributed by atoms with Gasteiger partial charge >= 0.3 is 0 Å². The summed E-state index contributed by atoms with van der Waals surface area (Å²) in [4.78, 5) is 0. The van der Waals surface area contributed by atoms with Crippen molar-refractivity contribution in [2.24, 2.45) is 47.3 Å². The lowest BCUT2D eigenvalue weighted by Crippen LogP contribution is -2.42. The van der Waals surface area contributed by atoms with E-state index in [2.05, 4.69) is 41.5 Å². The van der Waals surface area contributed by atoms with E-state index in [1.807, 2.05) is 0 Å². The molecular weight excluding hydrogens is 288 g/mol. The second kappa shape index (κ2) is 9.63. The van der Waals surface area contributed by atoms with Crippen LogP contribution in [0, 0.1) is 47.3 Å². The van der Waals surface area contributed by atoms with Gasteiger partial charge in [0.1, 0.15) is 0 Å². The molecule has 2 rings (SSSR count). The van der Waals surface area contributed by atoms with Crippen molar-refractivity contribution in [1.29, 1.82) is 0 Å². The fraction of sp³-hybridized carbons (Fsp3) is 1.00. The first-order valence-electron chi connectivity index (χ1n) is 11.5. The van der Waals surface area contributed by atoms with Crippen molar-refractivity contribution in [3.05, 3.63) is 0 Å². The van der Waals surface area contributed by atoms with Crippen LogP contribution >= 0.6 is 0 Å². The Bertz CT molecular complexity index is 344. The minimum Gasteiger partial charge on any atom is -0.0654 e. The maximum atomic E-state index is 2.61. The van der Waals surface area contributed by atoms with Gasteiger partial charge in [0.05, 0.1) is 0 Å². The first kappa shape index (κ1) is 20.3. The van der Waals surface area contributed by atoms with E-state index in [1.165, 1.54) is 51.4 Å². The summed E-state index contributed by atoms with van der Waals surface area (Å²) in [5, 5.41) is 0. The molecule has 0 bridgehead atoms. The van der Waals surface area contributed by atoms with Crippen LogP contribution in [0.3, 0.4) is 0 Å². The molecule has 2 aliphatic carbocycles. The Morgan fingerprint density at radius 1 is 0.917 bits per heavy atom. The van der Waals surface area contributed by atoms with E-state index in [9.17, 15) is 0 Å². The van der Waals surface area contributed by atoms with Crippen LogP contribution in [0.1, 0.15) is 106 Å². The molecule has 0 radical (unpaired) electrons. The summed E-state index contributed by atoms with van der Waals surface area (Å²) in [5.74, 6) is 7.89. The maximum Gasteiger partial charge on any atom is -0.0331 e. The fourth-order valence-electron chi connectivity index (χ4n) is 7.00. The van der Waals surface area contributed by atoms with Crippen LogP contribution < -0.4 is 0 Å². The van der Waals surface area contributed by atoms with Crippen LogP contribution in [0.5, 0.6) is 0 Å². The van der Waals surface area contributed by atoms with Crippen LogP contribution in [-0.2, 0) is 0 Å². The molecule has 0 aromatic rings. The van der Waals surface area contributed by atoms with Crippen molar-refractivity contribution in [2.75, 3.05) is 0 Å². The molecular formula is C24H46. The summed E-state index contributed by atoms with van der Waals surface area (Å²) in [6, 6.07) is 0. The highest BCUT2D eigenvalue weighted by molar-refractivity contribution is 4.93. The summed E-state index contributed by atoms with van der Waals surface area (Å²) in [7, 11) is 0. The quantitative estimate of drug-likeness (QED) is 0.443. The molecule has 0 heteroatoms. The van der Waals surface area contributed by atoms with Crippen LogP contribution in [0.4, 0.5) is 0 Å². The van der Waals surface area contributed by atoms with E-state index in [-0.39, 0.29) is 0 Å². The third kappa shape index (κ3) is 5.01. The average molecular weight is 335 g/mol. The van der Waals surface area contributed by atoms with Gasteiger partial charge in [0.25, 0.3) is 0 Å². The highest BCUT2D eigenvalue weighted by Gasteiger charge is 2.43. The van der Waals surface area contributed by atoms with Gasteiger partial charge in [-0.3, -0.25) is 0 Å². The van der Waals surface area contributed by atoms with Crippen molar-refractivity contribution in [1.82, 2.24) is 0 Å². The highest BCUT2D eigenvalue weighted by atomic mass is 14.5. The summed E-state index contributed by atoms with van der Waals surface area (Å²) < 4.78 is 0. The van der Waals surface area contributed by atoms with E-state index >= 15 is 0 Å². The summed E-state index contributed by atoms with van der Waals surface area (Å²) >= 11 is 0. The molecule has 7 unspecified atom stereocenters. The summed E-state index contributed by atoms with van der Waals surface area (Å²) in [5.41, 5.74) is 0. The minimum absolute atomic E-state index is 0.876. The summed E-state index contributed by atoms with van der Waals surface area (Å²) in [6.07, 6.45) is 14.9. The lowest BCUT2D eigenvalue weighted by molar-refractivity contribution is -0.00682. The Morgan fingerprint density at radius 2 is 1.62 bits per heavy atom. The predicted octanol–water partition coefficient (Wildman–Crippen LogP) is 7.96. The molecule has 7 atom stereocenters. The first-order valence-corrected chi connectivity index (χ1v) is 11.5. The molecule has 142 valence electrons. The zero-order valence-electron chi connectivity index (χ0n) is 17.7. The molecule has 24 heavy (non-hydrogen) atoms. The van der Waals surface area contributed by atoms with Crippen molar-refractivity contribution in [2.45, 2.75) is 106 Å². The molecule has 2 aliphatic rings. The van der Waals surface area contributed by atoms with Gasteiger partial charge in [-0.25, -0.2) is 0 Å². The molecule has 0 N–H and O–H groups in total. The van der Waals surface area contributed by atoms with Crippen LogP contribution in [0.15, 0.2) is 0 Å². The second-order valence-electron chi connectivity index (χ2n) is 10.1. The van der Waals surface area contributed by atoms with E-state index in [1.54, 1.807) is 12.8 Å². The molecule has 0 nitrogen and oxygen atoms in total. The normalized spacial score (nSPS) is 39.1. The maximum absolute atomic E-state index is 2.61. The Kier molecular flexibility index (Phi) is 8.15. The molecule has 0 aromatic heterocycles. The van der Waals surface area contributed by atoms with Gasteiger partial charge in [0.2, 0.25) is 0 Å². The van der Waals surface area contributed by atoms with Crippen molar-refractivity contribution in [3.8, 4) is 0 Å². The standard InChI is InChI=1S/C24H46/c1-7-11-18(5)24-19(6)15-20(14-17(3)4)16-23(24)22-13-10-9-12-21(22)8-2/h17-24H,7-16H2,1-6H3. The number of rotatable bonds is 7. The number of hydrogen-bond donors (Lipinski definition) is 0. The van der Waals surface area contributed by atoms with Gasteiger partial charge in [0.15, 0.2) is 0 Å². The van der Waals surface area contributed by atoms with Gasteiger partial charge in [-0.05, 0) is 73.0 Å². The first-order chi connectivity index (χ1) is 11.5. The number of hydrogen-bond acceptors (Lipinski definition) is 0. The highest BCUT2D eigenvalue weighted by Crippen LogP contribution is 2.52. The van der Waals surface area contributed by atoms with Crippen LogP contribution in [0.2, 0.25) is 0 Å². The Morgan fingerprint density at radius 3 is 2.25 bits per heavy atom. The minimum atomic E-state index is 0.876. The molecule has 0 spiro atoms. The lowest BCUT2D eigenvalue weighted by Gasteiger charge is -2.50. The van der Waals surface area contributed by atoms with Gasteiger partial charge in [-0.1, -0.05) is 80.1 Å². The van der Waals surface area contributed by atoms with E-state index in [0.29, 0.717) is 0 Å². The van der Waals surface area contributed by atoms with Crippen molar-refractivity contribution in [3.63, 3.8) is 0 Å². The molecule has 0 amide bonds. The van der Waals surface area contributed by atoms with Crippen LogP contribution in [0.25, 0.3) is 0 Å². The SMILES string of the molecule is CCCC(C)C1C(C)CC(CC(C)C)CC1C1CCCCC1CC. The Balaban J connectivity index is 2.20. The Labute approximate surface area is 153 Å². The predicted molar refractivity (Wildman–Crippen MR) is 108 cm³/mol. The van der Waals surface area contributed by atoms with Gasteiger partial charge in [-0.15, -0.1) is 0 Å². The van der Waals surface area contributed by atoms with Crippen molar-refractivity contribution < 1.29 is 0 Å². The van der Waals surface area contributed by atoms with Crippen LogP contribution in [-0.4, -0.2) is 0 Å². The van der Waals surface area contributed by atoms with E-state index in [4.69, 9.17) is 0 Å². The van der Waals surface area contributed by atoms with E-state index < -0.39 is 0 Å². The molecule has 2 fully saturated rings. The van der Waals surface area contributed by atoms with Gasteiger partial charge in [-0.2, -0.15) is 0 Å². The average Bonchev–Trinajstić information content (AvgIpc) is 2.53. The smallest absolute Gasteiger partial charge is 0.0331 e. The molecule has 2 saturated carbocycles. The fourth-order valence-corrected chi connectivity index (χ4v) is 7.00. The summed E-state index contributed by atoms with van der Waals surface area (Å²) in [6.45, 7) is 14.9. The van der Waals surface area contributed by atoms with Gasteiger partial charge in [0, 0.05) is 0 Å². The third-order valence-electron chi connectivity index (χ3n) is 7.71.